The van der Waals surface area contributed by atoms with Gasteiger partial charge in [0, 0.05) is 17.9 Å². The van der Waals surface area contributed by atoms with Crippen molar-refractivity contribution in [3.8, 4) is 11.1 Å². The number of nitrogens with one attached hydrogen (secondary N) is 1. The molecule has 3 aromatic rings. The van der Waals surface area contributed by atoms with E-state index in [4.69, 9.17) is 5.73 Å². The SMILES string of the molecule is C=CCCN(CC(=O)Nc1ccc(-c2ccc(N)cc2)cc1)C(=O)Cc1ccccc1. The molecule has 3 aromatic carbocycles. The van der Waals surface area contributed by atoms with Crippen molar-refractivity contribution in [2.75, 3.05) is 24.1 Å². The summed E-state index contributed by atoms with van der Waals surface area (Å²) in [7, 11) is 0. The number of nitrogens with two attached hydrogens (primary N) is 1. The van der Waals surface area contributed by atoms with Gasteiger partial charge >= 0.3 is 0 Å². The predicted molar refractivity (Wildman–Crippen MR) is 126 cm³/mol. The highest BCUT2D eigenvalue weighted by Crippen LogP contribution is 2.22. The number of nitrogen functional groups attached to an aromatic ring is 1. The van der Waals surface area contributed by atoms with Crippen molar-refractivity contribution >= 4 is 23.2 Å². The van der Waals surface area contributed by atoms with Crippen LogP contribution >= 0.6 is 0 Å². The fraction of sp³-hybridized carbons (Fsp3) is 0.154. The third-order valence-corrected chi connectivity index (χ3v) is 4.90. The Hall–Kier alpha value is -3.86. The molecule has 0 atom stereocenters. The minimum absolute atomic E-state index is 0.000773. The number of carbonyl (C=O) groups is 2. The van der Waals surface area contributed by atoms with Crippen molar-refractivity contribution in [3.63, 3.8) is 0 Å². The van der Waals surface area contributed by atoms with E-state index in [2.05, 4.69) is 11.9 Å². The van der Waals surface area contributed by atoms with E-state index in [-0.39, 0.29) is 24.8 Å². The number of amides is 2. The van der Waals surface area contributed by atoms with Gasteiger partial charge in [-0.1, -0.05) is 60.7 Å². The normalized spacial score (nSPS) is 10.3. The van der Waals surface area contributed by atoms with Crippen LogP contribution in [0.25, 0.3) is 11.1 Å². The summed E-state index contributed by atoms with van der Waals surface area (Å²) in [5.41, 5.74) is 10.1. The first-order valence-electron chi connectivity index (χ1n) is 10.2. The quantitative estimate of drug-likeness (QED) is 0.400. The monoisotopic (exact) mass is 413 g/mol. The van der Waals surface area contributed by atoms with Crippen LogP contribution in [0.4, 0.5) is 11.4 Å². The van der Waals surface area contributed by atoms with Gasteiger partial charge in [0.15, 0.2) is 0 Å². The number of carbonyl (C=O) groups excluding carboxylic acids is 2. The predicted octanol–water partition coefficient (Wildman–Crippen LogP) is 4.52. The Kier molecular flexibility index (Phi) is 7.60. The lowest BCUT2D eigenvalue weighted by atomic mass is 10.1. The Morgan fingerprint density at radius 2 is 1.52 bits per heavy atom. The fourth-order valence-corrected chi connectivity index (χ4v) is 3.22. The maximum atomic E-state index is 12.7. The second-order valence-electron chi connectivity index (χ2n) is 7.30. The van der Waals surface area contributed by atoms with Crippen LogP contribution in [-0.4, -0.2) is 29.8 Å². The zero-order valence-electron chi connectivity index (χ0n) is 17.5. The summed E-state index contributed by atoms with van der Waals surface area (Å²) < 4.78 is 0. The standard InChI is InChI=1S/C26H27N3O2/c1-2-3-17-29(26(31)18-20-7-5-4-6-8-20)19-25(30)28-24-15-11-22(12-16-24)21-9-13-23(27)14-10-21/h2,4-16H,1,3,17-19,27H2,(H,28,30). The highest BCUT2D eigenvalue weighted by atomic mass is 16.2. The number of nitrogens with zero attached hydrogens (tertiary/aromatic N) is 1. The molecule has 3 N–H and O–H groups in total. The molecule has 158 valence electrons. The molecule has 5 heteroatoms. The van der Waals surface area contributed by atoms with Gasteiger partial charge in [-0.3, -0.25) is 9.59 Å². The summed E-state index contributed by atoms with van der Waals surface area (Å²) in [5.74, 6) is -0.312. The van der Waals surface area contributed by atoms with Crippen LogP contribution in [0.15, 0.2) is 91.5 Å². The molecule has 5 nitrogen and oxygen atoms in total. The molecule has 0 radical (unpaired) electrons. The highest BCUT2D eigenvalue weighted by molar-refractivity contribution is 5.95. The first-order chi connectivity index (χ1) is 15.0. The second-order valence-corrected chi connectivity index (χ2v) is 7.30. The number of anilines is 2. The van der Waals surface area contributed by atoms with E-state index in [0.717, 1.165) is 22.4 Å². The molecule has 0 bridgehead atoms. The van der Waals surface area contributed by atoms with Crippen LogP contribution in [0.5, 0.6) is 0 Å². The molecule has 3 rings (SSSR count). The third kappa shape index (κ3) is 6.57. The van der Waals surface area contributed by atoms with Gasteiger partial charge in [-0.15, -0.1) is 6.58 Å². The topological polar surface area (TPSA) is 75.4 Å². The fourth-order valence-electron chi connectivity index (χ4n) is 3.22. The lowest BCUT2D eigenvalue weighted by Gasteiger charge is -2.22. The molecular formula is C26H27N3O2. The van der Waals surface area contributed by atoms with Crippen LogP contribution in [0.2, 0.25) is 0 Å². The van der Waals surface area contributed by atoms with Crippen molar-refractivity contribution in [2.45, 2.75) is 12.8 Å². The maximum absolute atomic E-state index is 12.7. The Bertz CT molecular complexity index is 1010. The van der Waals surface area contributed by atoms with Crippen LogP contribution in [0, 0.1) is 0 Å². The van der Waals surface area contributed by atoms with Gasteiger partial charge in [0.2, 0.25) is 11.8 Å². The molecule has 31 heavy (non-hydrogen) atoms. The smallest absolute Gasteiger partial charge is 0.243 e. The van der Waals surface area contributed by atoms with E-state index in [0.29, 0.717) is 18.7 Å². The molecule has 0 heterocycles. The lowest BCUT2D eigenvalue weighted by Crippen LogP contribution is -2.39. The molecule has 2 amide bonds. The van der Waals surface area contributed by atoms with Gasteiger partial charge in [-0.05, 0) is 47.4 Å². The minimum Gasteiger partial charge on any atom is -0.399 e. The molecule has 0 unspecified atom stereocenters. The average Bonchev–Trinajstić information content (AvgIpc) is 2.78. The third-order valence-electron chi connectivity index (χ3n) is 4.90. The Morgan fingerprint density at radius 1 is 0.903 bits per heavy atom. The van der Waals surface area contributed by atoms with E-state index < -0.39 is 0 Å². The Labute approximate surface area is 183 Å². The highest BCUT2D eigenvalue weighted by Gasteiger charge is 2.17. The average molecular weight is 414 g/mol. The zero-order valence-corrected chi connectivity index (χ0v) is 17.5. The Morgan fingerprint density at radius 3 is 2.13 bits per heavy atom. The van der Waals surface area contributed by atoms with Crippen molar-refractivity contribution in [1.82, 2.24) is 4.90 Å². The van der Waals surface area contributed by atoms with E-state index >= 15 is 0 Å². The van der Waals surface area contributed by atoms with Gasteiger partial charge in [0.05, 0.1) is 13.0 Å². The molecule has 0 aromatic heterocycles. The van der Waals surface area contributed by atoms with Gasteiger partial charge in [0.1, 0.15) is 0 Å². The van der Waals surface area contributed by atoms with Crippen LogP contribution in [-0.2, 0) is 16.0 Å². The number of benzene rings is 3. The van der Waals surface area contributed by atoms with Gasteiger partial charge in [-0.25, -0.2) is 0 Å². The minimum atomic E-state index is -0.231. The summed E-state index contributed by atoms with van der Waals surface area (Å²) >= 11 is 0. The molecule has 0 saturated heterocycles. The van der Waals surface area contributed by atoms with Crippen molar-refractivity contribution in [2.24, 2.45) is 0 Å². The van der Waals surface area contributed by atoms with Gasteiger partial charge in [0.25, 0.3) is 0 Å². The van der Waals surface area contributed by atoms with Crippen molar-refractivity contribution in [1.29, 1.82) is 0 Å². The molecule has 0 saturated carbocycles. The largest absolute Gasteiger partial charge is 0.399 e. The molecule has 0 aliphatic rings. The van der Waals surface area contributed by atoms with Crippen LogP contribution in [0.3, 0.4) is 0 Å². The summed E-state index contributed by atoms with van der Waals surface area (Å²) in [4.78, 5) is 26.9. The summed E-state index contributed by atoms with van der Waals surface area (Å²) in [6.07, 6.45) is 2.64. The zero-order chi connectivity index (χ0) is 22.1. The molecule has 0 aliphatic heterocycles. The second kappa shape index (κ2) is 10.8. The molecule has 0 fully saturated rings. The van der Waals surface area contributed by atoms with Crippen molar-refractivity contribution in [3.05, 3.63) is 97.1 Å². The number of hydrogen-bond donors (Lipinski definition) is 2. The Balaban J connectivity index is 1.61. The maximum Gasteiger partial charge on any atom is 0.243 e. The summed E-state index contributed by atoms with van der Waals surface area (Å²) in [6.45, 7) is 4.17. The lowest BCUT2D eigenvalue weighted by molar-refractivity contribution is -0.134. The first-order valence-corrected chi connectivity index (χ1v) is 10.2. The molecule has 0 aliphatic carbocycles. The van der Waals surface area contributed by atoms with E-state index in [9.17, 15) is 9.59 Å². The van der Waals surface area contributed by atoms with E-state index in [1.54, 1.807) is 11.0 Å². The van der Waals surface area contributed by atoms with Gasteiger partial charge in [-0.2, -0.15) is 0 Å². The molecule has 0 spiro atoms. The van der Waals surface area contributed by atoms with Gasteiger partial charge < -0.3 is 16.0 Å². The summed E-state index contributed by atoms with van der Waals surface area (Å²) in [6, 6.07) is 24.7. The van der Waals surface area contributed by atoms with E-state index in [1.165, 1.54) is 0 Å². The molecular weight excluding hydrogens is 386 g/mol. The van der Waals surface area contributed by atoms with Crippen molar-refractivity contribution < 1.29 is 9.59 Å². The number of rotatable bonds is 9. The van der Waals surface area contributed by atoms with E-state index in [1.807, 2.05) is 78.9 Å². The summed E-state index contributed by atoms with van der Waals surface area (Å²) in [5, 5.41) is 2.88. The number of hydrogen-bond acceptors (Lipinski definition) is 3. The van der Waals surface area contributed by atoms with Crippen LogP contribution < -0.4 is 11.1 Å². The first kappa shape index (κ1) is 21.8. The van der Waals surface area contributed by atoms with Crippen LogP contribution in [0.1, 0.15) is 12.0 Å².